The number of aliphatic hydroxyl groups is 1. The van der Waals surface area contributed by atoms with Crippen LogP contribution in [-0.2, 0) is 20.9 Å². The van der Waals surface area contributed by atoms with Crippen molar-refractivity contribution in [2.75, 3.05) is 19.9 Å². The second-order valence-electron chi connectivity index (χ2n) is 10.1. The minimum Gasteiger partial charge on any atom is -0.391 e. The molecule has 0 unspecified atom stereocenters. The molecular formula is C26H38N4O4S. The molecule has 192 valence electrons. The SMILES string of the molecule is CCCOCN[C@H](C(=O)N1C[C@H](O)C[C@H]1C(=O)NCc1ccc(-c2scnc2C)cc1)C(C)(C)C. The number of benzene rings is 1. The lowest BCUT2D eigenvalue weighted by Gasteiger charge is -2.35. The molecule has 1 aromatic carbocycles. The van der Waals surface area contributed by atoms with E-state index in [0.717, 1.165) is 28.1 Å². The normalized spacial score (nSPS) is 19.1. The molecule has 0 radical (unpaired) electrons. The minimum atomic E-state index is -0.728. The Labute approximate surface area is 212 Å². The number of aliphatic hydroxyl groups excluding tert-OH is 1. The van der Waals surface area contributed by atoms with E-state index in [2.05, 4.69) is 15.6 Å². The zero-order chi connectivity index (χ0) is 25.6. The number of nitrogens with zero attached hydrogens (tertiary/aromatic N) is 2. The molecular weight excluding hydrogens is 464 g/mol. The standard InChI is InChI=1S/C26H38N4O4S/c1-6-11-34-15-28-23(26(3,4)5)25(33)30-14-20(31)12-21(30)24(32)27-13-18-7-9-19(10-8-18)22-17(2)29-16-35-22/h7-10,16,20-21,23,28,31H,6,11-15H2,1-5H3,(H,27,32)/t20-,21+,23-/m1/s1. The van der Waals surface area contributed by atoms with Gasteiger partial charge in [-0.05, 0) is 29.9 Å². The molecule has 0 bridgehead atoms. The van der Waals surface area contributed by atoms with Crippen LogP contribution in [0, 0.1) is 12.3 Å². The van der Waals surface area contributed by atoms with Gasteiger partial charge in [-0.25, -0.2) is 4.98 Å². The van der Waals surface area contributed by atoms with E-state index in [4.69, 9.17) is 4.74 Å². The van der Waals surface area contributed by atoms with Crippen LogP contribution in [0.15, 0.2) is 29.8 Å². The molecule has 0 aliphatic carbocycles. The predicted octanol–water partition coefficient (Wildman–Crippen LogP) is 3.08. The van der Waals surface area contributed by atoms with E-state index in [9.17, 15) is 14.7 Å². The molecule has 3 atom stereocenters. The van der Waals surface area contributed by atoms with Crippen LogP contribution in [0.5, 0.6) is 0 Å². The third-order valence-corrected chi connectivity index (χ3v) is 7.12. The molecule has 1 aliphatic heterocycles. The summed E-state index contributed by atoms with van der Waals surface area (Å²) in [5, 5.41) is 16.4. The van der Waals surface area contributed by atoms with Crippen molar-refractivity contribution in [1.29, 1.82) is 0 Å². The van der Waals surface area contributed by atoms with Crippen molar-refractivity contribution < 1.29 is 19.4 Å². The van der Waals surface area contributed by atoms with Crippen molar-refractivity contribution in [2.24, 2.45) is 5.41 Å². The van der Waals surface area contributed by atoms with Gasteiger partial charge in [0.2, 0.25) is 11.8 Å². The van der Waals surface area contributed by atoms with E-state index in [1.807, 2.05) is 64.4 Å². The van der Waals surface area contributed by atoms with Crippen molar-refractivity contribution >= 4 is 23.2 Å². The number of hydrogen-bond acceptors (Lipinski definition) is 7. The Balaban J connectivity index is 1.63. The van der Waals surface area contributed by atoms with Gasteiger partial charge in [0, 0.05) is 26.1 Å². The number of β-amino-alcohol motifs (C(OH)–C–C–N with tert-alkyl or cyclic N) is 1. The number of ether oxygens (including phenoxy) is 1. The Bertz CT molecular complexity index is 986. The van der Waals surface area contributed by atoms with E-state index in [0.29, 0.717) is 13.2 Å². The van der Waals surface area contributed by atoms with Gasteiger partial charge in [-0.15, -0.1) is 11.3 Å². The van der Waals surface area contributed by atoms with Crippen LogP contribution >= 0.6 is 11.3 Å². The fourth-order valence-electron chi connectivity index (χ4n) is 4.25. The highest BCUT2D eigenvalue weighted by atomic mass is 32.1. The van der Waals surface area contributed by atoms with Crippen LogP contribution < -0.4 is 10.6 Å². The Hall–Kier alpha value is -2.33. The van der Waals surface area contributed by atoms with Gasteiger partial charge >= 0.3 is 0 Å². The maximum absolute atomic E-state index is 13.5. The Kier molecular flexibility index (Phi) is 9.40. The van der Waals surface area contributed by atoms with E-state index in [-0.39, 0.29) is 36.9 Å². The van der Waals surface area contributed by atoms with E-state index >= 15 is 0 Å². The first-order chi connectivity index (χ1) is 16.6. The molecule has 3 rings (SSSR count). The van der Waals surface area contributed by atoms with Crippen molar-refractivity contribution in [1.82, 2.24) is 20.5 Å². The second-order valence-corrected chi connectivity index (χ2v) is 11.0. The summed E-state index contributed by atoms with van der Waals surface area (Å²) in [6.45, 7) is 11.3. The molecule has 8 nitrogen and oxygen atoms in total. The number of aryl methyl sites for hydroxylation is 1. The number of thiazole rings is 1. The van der Waals surface area contributed by atoms with Crippen molar-refractivity contribution in [2.45, 2.75) is 72.2 Å². The summed E-state index contributed by atoms with van der Waals surface area (Å²) in [6.07, 6.45) is 0.391. The number of rotatable bonds is 10. The van der Waals surface area contributed by atoms with Gasteiger partial charge in [-0.3, -0.25) is 14.9 Å². The zero-order valence-electron chi connectivity index (χ0n) is 21.3. The highest BCUT2D eigenvalue weighted by Crippen LogP contribution is 2.28. The number of likely N-dealkylation sites (tertiary alicyclic amines) is 1. The summed E-state index contributed by atoms with van der Waals surface area (Å²) in [7, 11) is 0. The maximum atomic E-state index is 13.5. The first-order valence-electron chi connectivity index (χ1n) is 12.2. The Morgan fingerprint density at radius 3 is 2.60 bits per heavy atom. The fraction of sp³-hybridized carbons (Fsp3) is 0.577. The zero-order valence-corrected chi connectivity index (χ0v) is 22.2. The summed E-state index contributed by atoms with van der Waals surface area (Å²) in [5.41, 5.74) is 4.50. The third kappa shape index (κ3) is 7.10. The number of nitrogens with one attached hydrogen (secondary N) is 2. The molecule has 35 heavy (non-hydrogen) atoms. The predicted molar refractivity (Wildman–Crippen MR) is 138 cm³/mol. The lowest BCUT2D eigenvalue weighted by atomic mass is 9.85. The van der Waals surface area contributed by atoms with Crippen molar-refractivity contribution in [3.63, 3.8) is 0 Å². The molecule has 0 saturated carbocycles. The molecule has 1 saturated heterocycles. The molecule has 2 amide bonds. The van der Waals surface area contributed by atoms with Crippen LogP contribution in [-0.4, -0.2) is 64.9 Å². The number of carbonyl (C=O) groups is 2. The molecule has 3 N–H and O–H groups in total. The minimum absolute atomic E-state index is 0.143. The van der Waals surface area contributed by atoms with Gasteiger partial charge in [0.25, 0.3) is 0 Å². The van der Waals surface area contributed by atoms with Crippen molar-refractivity contribution in [3.05, 3.63) is 41.0 Å². The average molecular weight is 503 g/mol. The van der Waals surface area contributed by atoms with E-state index in [1.54, 1.807) is 11.3 Å². The van der Waals surface area contributed by atoms with Gasteiger partial charge in [0.15, 0.2) is 0 Å². The topological polar surface area (TPSA) is 104 Å². The number of aromatic nitrogens is 1. The van der Waals surface area contributed by atoms with Crippen LogP contribution in [0.3, 0.4) is 0 Å². The Morgan fingerprint density at radius 2 is 2.00 bits per heavy atom. The third-order valence-electron chi connectivity index (χ3n) is 6.14. The fourth-order valence-corrected chi connectivity index (χ4v) is 5.07. The molecule has 1 fully saturated rings. The molecule has 1 aliphatic rings. The summed E-state index contributed by atoms with van der Waals surface area (Å²) < 4.78 is 5.53. The quantitative estimate of drug-likeness (QED) is 0.341. The van der Waals surface area contributed by atoms with E-state index in [1.165, 1.54) is 4.90 Å². The second kappa shape index (κ2) is 12.1. The molecule has 2 heterocycles. The molecule has 2 aromatic rings. The van der Waals surface area contributed by atoms with Crippen LogP contribution in [0.25, 0.3) is 10.4 Å². The summed E-state index contributed by atoms with van der Waals surface area (Å²) in [5.74, 6) is -0.453. The maximum Gasteiger partial charge on any atom is 0.243 e. The first kappa shape index (κ1) is 27.3. The lowest BCUT2D eigenvalue weighted by molar-refractivity contribution is -0.142. The lowest BCUT2D eigenvalue weighted by Crippen LogP contribution is -2.56. The number of amides is 2. The van der Waals surface area contributed by atoms with Crippen LogP contribution in [0.4, 0.5) is 0 Å². The van der Waals surface area contributed by atoms with Gasteiger partial charge in [0.05, 0.1) is 35.0 Å². The molecule has 0 spiro atoms. The van der Waals surface area contributed by atoms with Crippen LogP contribution in [0.2, 0.25) is 0 Å². The van der Waals surface area contributed by atoms with Gasteiger partial charge in [-0.2, -0.15) is 0 Å². The van der Waals surface area contributed by atoms with Gasteiger partial charge in [-0.1, -0.05) is 52.0 Å². The monoisotopic (exact) mass is 502 g/mol. The largest absolute Gasteiger partial charge is 0.391 e. The number of carbonyl (C=O) groups excluding carboxylic acids is 2. The van der Waals surface area contributed by atoms with Gasteiger partial charge in [0.1, 0.15) is 6.04 Å². The number of hydrogen-bond donors (Lipinski definition) is 3. The Morgan fingerprint density at radius 1 is 1.29 bits per heavy atom. The van der Waals surface area contributed by atoms with Gasteiger partial charge < -0.3 is 20.1 Å². The smallest absolute Gasteiger partial charge is 0.243 e. The summed E-state index contributed by atoms with van der Waals surface area (Å²) in [6, 6.07) is 6.77. The first-order valence-corrected chi connectivity index (χ1v) is 13.1. The van der Waals surface area contributed by atoms with Crippen LogP contribution in [0.1, 0.15) is 51.8 Å². The van der Waals surface area contributed by atoms with E-state index < -0.39 is 18.2 Å². The highest BCUT2D eigenvalue weighted by molar-refractivity contribution is 7.13. The highest BCUT2D eigenvalue weighted by Gasteiger charge is 2.43. The molecule has 1 aromatic heterocycles. The molecule has 9 heteroatoms. The summed E-state index contributed by atoms with van der Waals surface area (Å²) in [4.78, 5) is 33.5. The summed E-state index contributed by atoms with van der Waals surface area (Å²) >= 11 is 1.60. The van der Waals surface area contributed by atoms with Crippen molar-refractivity contribution in [3.8, 4) is 10.4 Å². The average Bonchev–Trinajstić information content (AvgIpc) is 3.42.